The zero-order valence-corrected chi connectivity index (χ0v) is 14.6. The molecule has 3 rings (SSSR count). The van der Waals surface area contributed by atoms with Gasteiger partial charge in [-0.1, -0.05) is 6.07 Å². The van der Waals surface area contributed by atoms with Gasteiger partial charge in [0.25, 0.3) is 5.91 Å². The monoisotopic (exact) mass is 347 g/mol. The van der Waals surface area contributed by atoms with Crippen molar-refractivity contribution in [3.8, 4) is 11.5 Å². The lowest BCUT2D eigenvalue weighted by atomic mass is 10.0. The fourth-order valence-corrected chi connectivity index (χ4v) is 3.62. The molecular formula is C17H21N3O3S. The van der Waals surface area contributed by atoms with Crippen molar-refractivity contribution in [1.29, 1.82) is 0 Å². The number of aromatic nitrogens is 1. The molecule has 1 fully saturated rings. The summed E-state index contributed by atoms with van der Waals surface area (Å²) in [6.45, 7) is 1.78. The van der Waals surface area contributed by atoms with Crippen LogP contribution < -0.4 is 19.7 Å². The van der Waals surface area contributed by atoms with Crippen molar-refractivity contribution in [3.05, 3.63) is 35.3 Å². The van der Waals surface area contributed by atoms with E-state index in [1.54, 1.807) is 43.8 Å². The topological polar surface area (TPSA) is 63.7 Å². The lowest BCUT2D eigenvalue weighted by Crippen LogP contribution is -2.44. The average Bonchev–Trinajstić information content (AvgIpc) is 3.16. The number of nitrogens with zero attached hydrogens (tertiary/aromatic N) is 2. The molecule has 1 saturated heterocycles. The van der Waals surface area contributed by atoms with Gasteiger partial charge in [-0.15, -0.1) is 11.3 Å². The third-order valence-electron chi connectivity index (χ3n) is 4.17. The smallest absolute Gasteiger partial charge is 0.259 e. The first-order valence-corrected chi connectivity index (χ1v) is 8.77. The minimum atomic E-state index is -0.156. The molecule has 0 unspecified atom stereocenters. The van der Waals surface area contributed by atoms with E-state index in [9.17, 15) is 4.79 Å². The Bertz CT molecular complexity index is 660. The molecule has 1 N–H and O–H groups in total. The lowest BCUT2D eigenvalue weighted by molar-refractivity contribution is 0.0925. The Balaban J connectivity index is 1.64. The number of ether oxygens (including phenoxy) is 2. The summed E-state index contributed by atoms with van der Waals surface area (Å²) in [4.78, 5) is 19.3. The zero-order valence-electron chi connectivity index (χ0n) is 13.8. The van der Waals surface area contributed by atoms with Gasteiger partial charge in [-0.3, -0.25) is 4.79 Å². The van der Waals surface area contributed by atoms with Crippen molar-refractivity contribution in [1.82, 2.24) is 10.3 Å². The summed E-state index contributed by atoms with van der Waals surface area (Å²) in [6, 6.07) is 5.48. The van der Waals surface area contributed by atoms with E-state index < -0.39 is 0 Å². The predicted molar refractivity (Wildman–Crippen MR) is 94.4 cm³/mol. The molecule has 0 bridgehead atoms. The summed E-state index contributed by atoms with van der Waals surface area (Å²) in [5.41, 5.74) is 0.449. The third-order valence-corrected chi connectivity index (χ3v) is 5.01. The number of hydrogen-bond acceptors (Lipinski definition) is 6. The Labute approximate surface area is 145 Å². The van der Waals surface area contributed by atoms with Crippen molar-refractivity contribution in [3.63, 3.8) is 0 Å². The van der Waals surface area contributed by atoms with Crippen LogP contribution >= 0.6 is 11.3 Å². The van der Waals surface area contributed by atoms with Gasteiger partial charge in [-0.25, -0.2) is 4.98 Å². The molecule has 2 heterocycles. The average molecular weight is 347 g/mol. The number of benzene rings is 1. The maximum atomic E-state index is 12.7. The van der Waals surface area contributed by atoms with Crippen LogP contribution in [-0.4, -0.2) is 44.2 Å². The minimum Gasteiger partial charge on any atom is -0.496 e. The summed E-state index contributed by atoms with van der Waals surface area (Å²) < 4.78 is 10.6. The highest BCUT2D eigenvalue weighted by Gasteiger charge is 2.25. The van der Waals surface area contributed by atoms with E-state index in [-0.39, 0.29) is 11.9 Å². The molecule has 0 spiro atoms. The van der Waals surface area contributed by atoms with Crippen molar-refractivity contribution in [2.45, 2.75) is 18.9 Å². The lowest BCUT2D eigenvalue weighted by Gasteiger charge is -2.32. The second-order valence-electron chi connectivity index (χ2n) is 5.59. The quantitative estimate of drug-likeness (QED) is 0.901. The largest absolute Gasteiger partial charge is 0.496 e. The minimum absolute atomic E-state index is 0.142. The zero-order chi connectivity index (χ0) is 16.9. The first kappa shape index (κ1) is 16.6. The van der Waals surface area contributed by atoms with Crippen molar-refractivity contribution in [2.24, 2.45) is 0 Å². The van der Waals surface area contributed by atoms with Gasteiger partial charge in [0.15, 0.2) is 5.13 Å². The Morgan fingerprint density at radius 3 is 2.46 bits per heavy atom. The van der Waals surface area contributed by atoms with Crippen LogP contribution in [-0.2, 0) is 0 Å². The van der Waals surface area contributed by atoms with Gasteiger partial charge in [0.2, 0.25) is 0 Å². The number of rotatable bonds is 5. The van der Waals surface area contributed by atoms with E-state index in [1.165, 1.54) is 0 Å². The van der Waals surface area contributed by atoms with E-state index >= 15 is 0 Å². The fraction of sp³-hybridized carbons (Fsp3) is 0.412. The number of amides is 1. The molecule has 0 aliphatic carbocycles. The van der Waals surface area contributed by atoms with Gasteiger partial charge in [0.1, 0.15) is 17.1 Å². The van der Waals surface area contributed by atoms with E-state index in [2.05, 4.69) is 15.2 Å². The third kappa shape index (κ3) is 3.46. The van der Waals surface area contributed by atoms with Crippen LogP contribution in [0.15, 0.2) is 29.8 Å². The van der Waals surface area contributed by atoms with Crippen LogP contribution in [0.1, 0.15) is 23.2 Å². The van der Waals surface area contributed by atoms with Crippen molar-refractivity contribution >= 4 is 22.4 Å². The first-order chi connectivity index (χ1) is 11.7. The van der Waals surface area contributed by atoms with Crippen LogP contribution in [0.4, 0.5) is 5.13 Å². The molecule has 0 saturated carbocycles. The summed E-state index contributed by atoms with van der Waals surface area (Å²) >= 11 is 1.65. The maximum Gasteiger partial charge on any atom is 0.259 e. The Hall–Kier alpha value is -2.28. The summed E-state index contributed by atoms with van der Waals surface area (Å²) in [5.74, 6) is 0.885. The van der Waals surface area contributed by atoms with Gasteiger partial charge in [-0.2, -0.15) is 0 Å². The highest BCUT2D eigenvalue weighted by molar-refractivity contribution is 7.13. The van der Waals surface area contributed by atoms with E-state index in [4.69, 9.17) is 9.47 Å². The molecule has 128 valence electrons. The molecule has 24 heavy (non-hydrogen) atoms. The number of carbonyl (C=O) groups is 1. The summed E-state index contributed by atoms with van der Waals surface area (Å²) in [7, 11) is 3.11. The molecule has 6 nitrogen and oxygen atoms in total. The molecule has 1 aromatic carbocycles. The molecular weight excluding hydrogens is 326 g/mol. The van der Waals surface area contributed by atoms with Crippen molar-refractivity contribution < 1.29 is 14.3 Å². The fourth-order valence-electron chi connectivity index (χ4n) is 2.92. The molecule has 1 aromatic heterocycles. The van der Waals surface area contributed by atoms with E-state index in [1.807, 2.05) is 11.6 Å². The van der Waals surface area contributed by atoms with Gasteiger partial charge in [-0.05, 0) is 25.0 Å². The van der Waals surface area contributed by atoms with Crippen LogP contribution in [0.2, 0.25) is 0 Å². The first-order valence-electron chi connectivity index (χ1n) is 7.89. The molecule has 1 aliphatic heterocycles. The van der Waals surface area contributed by atoms with Crippen LogP contribution in [0.5, 0.6) is 11.5 Å². The second-order valence-corrected chi connectivity index (χ2v) is 6.46. The van der Waals surface area contributed by atoms with Crippen LogP contribution in [0.3, 0.4) is 0 Å². The number of carbonyl (C=O) groups excluding carboxylic acids is 1. The van der Waals surface area contributed by atoms with E-state index in [0.29, 0.717) is 17.1 Å². The predicted octanol–water partition coefficient (Wildman–Crippen LogP) is 2.56. The summed E-state index contributed by atoms with van der Waals surface area (Å²) in [6.07, 6.45) is 3.60. The molecule has 2 aromatic rings. The Morgan fingerprint density at radius 2 is 1.92 bits per heavy atom. The number of hydrogen-bond donors (Lipinski definition) is 1. The number of anilines is 1. The molecule has 1 amide bonds. The molecule has 0 atom stereocenters. The molecule has 1 aliphatic rings. The van der Waals surface area contributed by atoms with Gasteiger partial charge in [0, 0.05) is 30.7 Å². The Morgan fingerprint density at radius 1 is 1.25 bits per heavy atom. The molecule has 7 heteroatoms. The standard InChI is InChI=1S/C17H21N3O3S/c1-22-13-4-3-5-14(23-2)15(13)16(21)19-12-6-9-20(10-7-12)17-18-8-11-24-17/h3-5,8,11-12H,6-7,9-10H2,1-2H3,(H,19,21). The van der Waals surface area contributed by atoms with Crippen LogP contribution in [0, 0.1) is 0 Å². The van der Waals surface area contributed by atoms with Crippen molar-refractivity contribution in [2.75, 3.05) is 32.2 Å². The highest BCUT2D eigenvalue weighted by atomic mass is 32.1. The number of nitrogens with one attached hydrogen (secondary N) is 1. The normalized spacial score (nSPS) is 15.2. The number of methoxy groups -OCH3 is 2. The highest BCUT2D eigenvalue weighted by Crippen LogP contribution is 2.29. The maximum absolute atomic E-state index is 12.7. The van der Waals surface area contributed by atoms with Gasteiger partial charge < -0.3 is 19.7 Å². The SMILES string of the molecule is COc1cccc(OC)c1C(=O)NC1CCN(c2nccs2)CC1. The van der Waals surface area contributed by atoms with Crippen LogP contribution in [0.25, 0.3) is 0 Å². The number of piperidine rings is 1. The molecule has 0 radical (unpaired) electrons. The second kappa shape index (κ2) is 7.53. The van der Waals surface area contributed by atoms with Gasteiger partial charge in [0.05, 0.1) is 14.2 Å². The summed E-state index contributed by atoms with van der Waals surface area (Å²) in [5, 5.41) is 6.14. The van der Waals surface area contributed by atoms with E-state index in [0.717, 1.165) is 31.1 Å². The Kier molecular flexibility index (Phi) is 5.20. The number of thiazole rings is 1. The van der Waals surface area contributed by atoms with Gasteiger partial charge >= 0.3 is 0 Å².